The van der Waals surface area contributed by atoms with E-state index in [0.29, 0.717) is 30.2 Å². The van der Waals surface area contributed by atoms with Crippen molar-refractivity contribution in [2.75, 3.05) is 35.2 Å². The molecule has 0 bridgehead atoms. The Morgan fingerprint density at radius 1 is 1.19 bits per heavy atom. The highest BCUT2D eigenvalue weighted by molar-refractivity contribution is 5.98. The summed E-state index contributed by atoms with van der Waals surface area (Å²) in [7, 11) is 0. The summed E-state index contributed by atoms with van der Waals surface area (Å²) in [6.07, 6.45) is 4.88. The third kappa shape index (κ3) is 5.12. The van der Waals surface area contributed by atoms with E-state index >= 15 is 0 Å². The fourth-order valence-electron chi connectivity index (χ4n) is 3.51. The van der Waals surface area contributed by atoms with Gasteiger partial charge in [0.25, 0.3) is 5.91 Å². The van der Waals surface area contributed by atoms with Crippen LogP contribution in [0, 0.1) is 0 Å². The van der Waals surface area contributed by atoms with Crippen molar-refractivity contribution in [3.63, 3.8) is 0 Å². The molecule has 1 aliphatic rings. The van der Waals surface area contributed by atoms with Crippen LogP contribution < -0.4 is 20.3 Å². The third-order valence-corrected chi connectivity index (χ3v) is 5.02. The van der Waals surface area contributed by atoms with Gasteiger partial charge in [-0.05, 0) is 35.9 Å². The van der Waals surface area contributed by atoms with Crippen molar-refractivity contribution in [3.8, 4) is 5.75 Å². The van der Waals surface area contributed by atoms with E-state index < -0.39 is 12.0 Å². The summed E-state index contributed by atoms with van der Waals surface area (Å²) in [6.45, 7) is 0.932. The molecule has 0 saturated heterocycles. The Morgan fingerprint density at radius 3 is 2.84 bits per heavy atom. The lowest BCUT2D eigenvalue weighted by Gasteiger charge is -2.30. The second-order valence-electron chi connectivity index (χ2n) is 7.24. The number of nitrogens with one attached hydrogen (secondary N) is 2. The van der Waals surface area contributed by atoms with Crippen LogP contribution in [0.25, 0.3) is 0 Å². The number of pyridine rings is 2. The monoisotopic (exact) mass is 433 g/mol. The summed E-state index contributed by atoms with van der Waals surface area (Å²) < 4.78 is 5.65. The molecule has 164 valence electrons. The van der Waals surface area contributed by atoms with Crippen LogP contribution in [0.2, 0.25) is 0 Å². The number of fused-ring (bicyclic) bond motifs is 1. The molecule has 9 heteroatoms. The largest absolute Gasteiger partial charge is 0.481 e. The summed E-state index contributed by atoms with van der Waals surface area (Å²) in [5.74, 6) is 0.262. The lowest BCUT2D eigenvalue weighted by Crippen LogP contribution is -2.41. The second-order valence-corrected chi connectivity index (χ2v) is 7.24. The number of aromatic nitrogens is 2. The maximum Gasteiger partial charge on any atom is 0.305 e. The summed E-state index contributed by atoms with van der Waals surface area (Å²) in [5.41, 5.74) is 2.14. The lowest BCUT2D eigenvalue weighted by atomic mass is 10.1. The number of rotatable bonds is 9. The minimum atomic E-state index is -0.919. The number of amides is 1. The lowest BCUT2D eigenvalue weighted by molar-refractivity contribution is -0.137. The molecule has 2 aromatic heterocycles. The standard InChI is InChI=1S/C23H23N5O4/c29-22-15-32-20-12-17(27-18(13-23(30)31)16-4-3-8-24-14-16)6-7-19(20)28(22)11-10-26-21-5-1-2-9-25-21/h1-9,12,14,18,27H,10-11,13,15H2,(H,25,26)(H,30,31). The molecule has 0 radical (unpaired) electrons. The molecule has 3 heterocycles. The molecule has 0 fully saturated rings. The van der Waals surface area contributed by atoms with E-state index in [2.05, 4.69) is 20.6 Å². The maximum atomic E-state index is 12.4. The van der Waals surface area contributed by atoms with Gasteiger partial charge < -0.3 is 25.4 Å². The topological polar surface area (TPSA) is 117 Å². The predicted molar refractivity (Wildman–Crippen MR) is 120 cm³/mol. The van der Waals surface area contributed by atoms with Gasteiger partial charge in [-0.3, -0.25) is 14.6 Å². The fraction of sp³-hybridized carbons (Fsp3) is 0.217. The van der Waals surface area contributed by atoms with E-state index in [9.17, 15) is 14.7 Å². The Balaban J connectivity index is 1.48. The zero-order chi connectivity index (χ0) is 22.3. The fourth-order valence-corrected chi connectivity index (χ4v) is 3.51. The van der Waals surface area contributed by atoms with E-state index in [1.165, 1.54) is 0 Å². The molecule has 1 atom stereocenters. The van der Waals surface area contributed by atoms with Crippen LogP contribution in [0.1, 0.15) is 18.0 Å². The van der Waals surface area contributed by atoms with E-state index in [-0.39, 0.29) is 18.9 Å². The van der Waals surface area contributed by atoms with Gasteiger partial charge in [-0.15, -0.1) is 0 Å². The van der Waals surface area contributed by atoms with E-state index in [1.807, 2.05) is 30.3 Å². The zero-order valence-corrected chi connectivity index (χ0v) is 17.3. The molecule has 0 saturated carbocycles. The van der Waals surface area contributed by atoms with E-state index in [4.69, 9.17) is 4.74 Å². The molecule has 1 unspecified atom stereocenters. The molecular weight excluding hydrogens is 410 g/mol. The van der Waals surface area contributed by atoms with Crippen molar-refractivity contribution in [3.05, 3.63) is 72.7 Å². The van der Waals surface area contributed by atoms with Crippen molar-refractivity contribution >= 4 is 29.1 Å². The zero-order valence-electron chi connectivity index (χ0n) is 17.3. The second kappa shape index (κ2) is 9.78. The van der Waals surface area contributed by atoms with Crippen LogP contribution in [0.15, 0.2) is 67.1 Å². The molecule has 1 aliphatic heterocycles. The van der Waals surface area contributed by atoms with Crippen molar-refractivity contribution < 1.29 is 19.4 Å². The van der Waals surface area contributed by atoms with Crippen molar-refractivity contribution in [1.29, 1.82) is 0 Å². The van der Waals surface area contributed by atoms with Crippen molar-refractivity contribution in [2.45, 2.75) is 12.5 Å². The number of anilines is 3. The first-order valence-electron chi connectivity index (χ1n) is 10.2. The Hall–Kier alpha value is -4.14. The highest BCUT2D eigenvalue weighted by Crippen LogP contribution is 2.35. The number of carboxylic acids is 1. The molecule has 0 aliphatic carbocycles. The first kappa shape index (κ1) is 21.1. The van der Waals surface area contributed by atoms with Crippen LogP contribution >= 0.6 is 0 Å². The number of aliphatic carboxylic acids is 1. The summed E-state index contributed by atoms with van der Waals surface area (Å²) in [6, 6.07) is 14.1. The molecule has 32 heavy (non-hydrogen) atoms. The van der Waals surface area contributed by atoms with Gasteiger partial charge in [0.05, 0.1) is 18.2 Å². The molecule has 9 nitrogen and oxygen atoms in total. The van der Waals surface area contributed by atoms with Crippen LogP contribution in [0.4, 0.5) is 17.2 Å². The number of nitrogens with zero attached hydrogens (tertiary/aromatic N) is 3. The number of carbonyl (C=O) groups is 2. The minimum absolute atomic E-state index is 0.0544. The Labute approximate surface area is 185 Å². The Kier molecular flexibility index (Phi) is 6.45. The molecule has 3 aromatic rings. The van der Waals surface area contributed by atoms with Crippen LogP contribution in [0.5, 0.6) is 5.75 Å². The summed E-state index contributed by atoms with van der Waals surface area (Å²) in [5, 5.41) is 15.7. The number of carbonyl (C=O) groups excluding carboxylic acids is 1. The third-order valence-electron chi connectivity index (χ3n) is 5.02. The van der Waals surface area contributed by atoms with Crippen LogP contribution in [-0.2, 0) is 9.59 Å². The average Bonchev–Trinajstić information content (AvgIpc) is 2.81. The first-order chi connectivity index (χ1) is 15.6. The number of hydrogen-bond donors (Lipinski definition) is 3. The SMILES string of the molecule is O=C(O)CC(Nc1ccc2c(c1)OCC(=O)N2CCNc1ccccn1)c1cccnc1. The Bertz CT molecular complexity index is 1080. The summed E-state index contributed by atoms with van der Waals surface area (Å²) >= 11 is 0. The molecular formula is C23H23N5O4. The smallest absolute Gasteiger partial charge is 0.305 e. The van der Waals surface area contributed by atoms with Gasteiger partial charge in [-0.25, -0.2) is 4.98 Å². The first-order valence-corrected chi connectivity index (χ1v) is 10.2. The number of hydrogen-bond acceptors (Lipinski definition) is 7. The maximum absolute atomic E-state index is 12.4. The van der Waals surface area contributed by atoms with Gasteiger partial charge in [0.15, 0.2) is 6.61 Å². The quantitative estimate of drug-likeness (QED) is 0.472. The van der Waals surface area contributed by atoms with Gasteiger partial charge in [0.2, 0.25) is 0 Å². The van der Waals surface area contributed by atoms with E-state index in [1.54, 1.807) is 41.7 Å². The van der Waals surface area contributed by atoms with E-state index in [0.717, 1.165) is 11.4 Å². The summed E-state index contributed by atoms with van der Waals surface area (Å²) in [4.78, 5) is 33.8. The molecule has 0 spiro atoms. The highest BCUT2D eigenvalue weighted by Gasteiger charge is 2.26. The average molecular weight is 433 g/mol. The number of ether oxygens (including phenoxy) is 1. The van der Waals surface area contributed by atoms with Crippen molar-refractivity contribution in [1.82, 2.24) is 9.97 Å². The number of benzene rings is 1. The minimum Gasteiger partial charge on any atom is -0.481 e. The van der Waals surface area contributed by atoms with Gasteiger partial charge in [0, 0.05) is 43.4 Å². The molecule has 3 N–H and O–H groups in total. The van der Waals surface area contributed by atoms with Gasteiger partial charge >= 0.3 is 5.97 Å². The molecule has 4 rings (SSSR count). The highest BCUT2D eigenvalue weighted by atomic mass is 16.5. The normalized spacial score (nSPS) is 13.6. The van der Waals surface area contributed by atoms with Crippen LogP contribution in [0.3, 0.4) is 0 Å². The van der Waals surface area contributed by atoms with Gasteiger partial charge in [-0.1, -0.05) is 12.1 Å². The predicted octanol–water partition coefficient (Wildman–Crippen LogP) is 2.94. The van der Waals surface area contributed by atoms with Crippen molar-refractivity contribution in [2.24, 2.45) is 0 Å². The number of carboxylic acid groups (broad SMARTS) is 1. The molecule has 1 aromatic carbocycles. The molecule has 1 amide bonds. The Morgan fingerprint density at radius 2 is 2.09 bits per heavy atom. The van der Waals surface area contributed by atoms with Crippen LogP contribution in [-0.4, -0.2) is 46.6 Å². The van der Waals surface area contributed by atoms with Gasteiger partial charge in [-0.2, -0.15) is 0 Å². The van der Waals surface area contributed by atoms with Gasteiger partial charge in [0.1, 0.15) is 11.6 Å².